The maximum atomic E-state index is 13.1. The summed E-state index contributed by atoms with van der Waals surface area (Å²) in [5.74, 6) is 4.65. The van der Waals surface area contributed by atoms with Gasteiger partial charge in [-0.2, -0.15) is 13.2 Å². The first kappa shape index (κ1) is 28.9. The number of rotatable bonds is 10. The smallest absolute Gasteiger partial charge is 0.470 e. The molecule has 4 rings (SSSR count). The van der Waals surface area contributed by atoms with Crippen molar-refractivity contribution in [3.63, 3.8) is 0 Å². The number of aliphatic carboxylic acids is 1. The van der Waals surface area contributed by atoms with Crippen LogP contribution in [0.4, 0.5) is 13.2 Å². The second kappa shape index (κ2) is 11.2. The lowest BCUT2D eigenvalue weighted by Gasteiger charge is -2.25. The number of allylic oxidation sites excluding steroid dienone is 2. The maximum Gasteiger partial charge on any atom is 0.470 e. The average Bonchev–Trinajstić information content (AvgIpc) is 3.49. The molecule has 1 atom stereocenters. The third kappa shape index (κ3) is 6.71. The molecule has 1 unspecified atom stereocenters. The summed E-state index contributed by atoms with van der Waals surface area (Å²) in [5, 5.41) is 16.2. The Labute approximate surface area is 229 Å². The Kier molecular flexibility index (Phi) is 8.07. The van der Waals surface area contributed by atoms with E-state index in [1.54, 1.807) is 26.8 Å². The molecule has 0 bridgehead atoms. The van der Waals surface area contributed by atoms with Gasteiger partial charge in [0.15, 0.2) is 5.60 Å². The molecule has 1 aromatic carbocycles. The summed E-state index contributed by atoms with van der Waals surface area (Å²) in [6.45, 7) is 8.74. The summed E-state index contributed by atoms with van der Waals surface area (Å²) in [7, 11) is 0. The van der Waals surface area contributed by atoms with Crippen LogP contribution in [0.2, 0.25) is 0 Å². The molecule has 3 aromatic rings. The van der Waals surface area contributed by atoms with Gasteiger partial charge in [-0.05, 0) is 57.4 Å². The highest BCUT2D eigenvalue weighted by atomic mass is 19.4. The van der Waals surface area contributed by atoms with Crippen LogP contribution in [0.15, 0.2) is 33.1 Å². The Morgan fingerprint density at radius 2 is 1.82 bits per heavy atom. The molecule has 0 saturated carbocycles. The fourth-order valence-corrected chi connectivity index (χ4v) is 4.24. The van der Waals surface area contributed by atoms with Gasteiger partial charge in [0.25, 0.3) is 0 Å². The maximum absolute atomic E-state index is 13.1. The number of carboxylic acids is 1. The average molecular weight is 559 g/mol. The molecule has 212 valence electrons. The Bertz CT molecular complexity index is 1470. The van der Waals surface area contributed by atoms with E-state index >= 15 is 0 Å². The predicted molar refractivity (Wildman–Crippen MR) is 136 cm³/mol. The van der Waals surface area contributed by atoms with Crippen LogP contribution in [0.3, 0.4) is 0 Å². The van der Waals surface area contributed by atoms with Crippen LogP contribution in [0.5, 0.6) is 5.75 Å². The number of oxazole rings is 1. The number of aryl methyl sites for hydroxylation is 3. The van der Waals surface area contributed by atoms with Gasteiger partial charge in [-0.3, -0.25) is 4.90 Å². The van der Waals surface area contributed by atoms with Gasteiger partial charge >= 0.3 is 18.0 Å². The number of nitrogens with zero attached hydrogens (tertiary/aromatic N) is 4. The molecular weight excluding hydrogens is 529 g/mol. The highest BCUT2D eigenvalue weighted by Crippen LogP contribution is 2.31. The molecule has 0 radical (unpaired) electrons. The van der Waals surface area contributed by atoms with E-state index in [9.17, 15) is 23.1 Å². The van der Waals surface area contributed by atoms with Gasteiger partial charge in [0.1, 0.15) is 11.5 Å². The molecule has 12 heteroatoms. The summed E-state index contributed by atoms with van der Waals surface area (Å²) in [6, 6.07) is 3.68. The lowest BCUT2D eigenvalue weighted by Crippen LogP contribution is -2.38. The lowest BCUT2D eigenvalue weighted by molar-refractivity contribution is -0.157. The fourth-order valence-electron chi connectivity index (χ4n) is 4.24. The number of hydrogen-bond donors (Lipinski definition) is 1. The summed E-state index contributed by atoms with van der Waals surface area (Å²) >= 11 is 0. The van der Waals surface area contributed by atoms with Crippen molar-refractivity contribution >= 4 is 5.97 Å². The normalized spacial score (nSPS) is 15.3. The van der Waals surface area contributed by atoms with Crippen LogP contribution >= 0.6 is 0 Å². The van der Waals surface area contributed by atoms with E-state index in [1.807, 2.05) is 23.1 Å². The number of aromatic nitrogens is 3. The van der Waals surface area contributed by atoms with Gasteiger partial charge in [-0.15, -0.1) is 10.2 Å². The van der Waals surface area contributed by atoms with Gasteiger partial charge < -0.3 is 18.7 Å². The summed E-state index contributed by atoms with van der Waals surface area (Å²) < 4.78 is 55.8. The minimum absolute atomic E-state index is 0.0814. The number of ether oxygens (including phenoxy) is 1. The van der Waals surface area contributed by atoms with Gasteiger partial charge in [0.05, 0.1) is 18.2 Å². The van der Waals surface area contributed by atoms with Crippen LogP contribution in [0, 0.1) is 32.6 Å². The zero-order valence-corrected chi connectivity index (χ0v) is 22.7. The number of benzene rings is 1. The van der Waals surface area contributed by atoms with Crippen molar-refractivity contribution in [2.75, 3.05) is 0 Å². The topological polar surface area (TPSA) is 115 Å². The molecule has 0 amide bonds. The third-order valence-electron chi connectivity index (χ3n) is 6.30. The monoisotopic (exact) mass is 558 g/mol. The van der Waals surface area contributed by atoms with Crippen LogP contribution in [-0.4, -0.2) is 36.8 Å². The van der Waals surface area contributed by atoms with Crippen molar-refractivity contribution < 1.29 is 36.6 Å². The van der Waals surface area contributed by atoms with E-state index in [4.69, 9.17) is 13.6 Å². The molecule has 1 aliphatic carbocycles. The second-order valence-electron chi connectivity index (χ2n) is 10.2. The van der Waals surface area contributed by atoms with E-state index in [1.165, 1.54) is 13.8 Å². The Morgan fingerprint density at radius 1 is 1.12 bits per heavy atom. The van der Waals surface area contributed by atoms with Crippen LogP contribution in [0.25, 0.3) is 0 Å². The number of carbonyl (C=O) groups is 1. The number of carboxylic acid groups (broad SMARTS) is 1. The summed E-state index contributed by atoms with van der Waals surface area (Å²) in [5.41, 5.74) is 1.43. The molecule has 40 heavy (non-hydrogen) atoms. The van der Waals surface area contributed by atoms with Crippen molar-refractivity contribution in [2.45, 2.75) is 78.4 Å². The standard InChI is InChI=1S/C28H29F3N4O5/c1-16-11-19(12-17(2)23(16)40-27(4,5)26(36)37)13-35(15-22-33-34-25(39-22)28(29,30)31)14-21-18(3)38-24(32-21)20-9-7-6-8-10-20/h7,9,11-12,20H,10,13-15H2,1-5H3,(H,36,37). The van der Waals surface area contributed by atoms with Crippen molar-refractivity contribution in [3.8, 4) is 17.6 Å². The van der Waals surface area contributed by atoms with E-state index in [0.29, 0.717) is 40.6 Å². The minimum atomic E-state index is -4.75. The minimum Gasteiger partial charge on any atom is -0.478 e. The van der Waals surface area contributed by atoms with Crippen molar-refractivity contribution in [1.82, 2.24) is 20.1 Å². The zero-order valence-electron chi connectivity index (χ0n) is 22.7. The molecule has 0 aliphatic heterocycles. The number of alkyl halides is 3. The highest BCUT2D eigenvalue weighted by molar-refractivity contribution is 5.77. The molecule has 0 saturated heterocycles. The first-order valence-corrected chi connectivity index (χ1v) is 12.5. The highest BCUT2D eigenvalue weighted by Gasteiger charge is 2.38. The van der Waals surface area contributed by atoms with E-state index in [0.717, 1.165) is 5.56 Å². The Hall–Kier alpha value is -4.11. The van der Waals surface area contributed by atoms with E-state index < -0.39 is 23.6 Å². The fraction of sp³-hybridized carbons (Fsp3) is 0.429. The lowest BCUT2D eigenvalue weighted by atomic mass is 10.0. The summed E-state index contributed by atoms with van der Waals surface area (Å²) in [4.78, 5) is 18.0. The third-order valence-corrected chi connectivity index (χ3v) is 6.30. The molecule has 1 N–H and O–H groups in total. The zero-order chi connectivity index (χ0) is 29.2. The van der Waals surface area contributed by atoms with Gasteiger partial charge in [-0.25, -0.2) is 9.78 Å². The van der Waals surface area contributed by atoms with Crippen molar-refractivity contribution in [2.24, 2.45) is 0 Å². The SMILES string of the molecule is Cc1cc(CN(Cc2nnc(C(F)(F)F)o2)Cc2nc(C3C=CC#CC3)oc2C)cc(C)c1OC(C)(C)C(=O)O. The van der Waals surface area contributed by atoms with Gasteiger partial charge in [0, 0.05) is 19.5 Å². The molecule has 0 fully saturated rings. The van der Waals surface area contributed by atoms with Crippen LogP contribution in [0.1, 0.15) is 72.0 Å². The van der Waals surface area contributed by atoms with Gasteiger partial charge in [-0.1, -0.05) is 30.0 Å². The molecular formula is C28H29F3N4O5. The quantitative estimate of drug-likeness (QED) is 0.323. The predicted octanol–water partition coefficient (Wildman–Crippen LogP) is 5.49. The largest absolute Gasteiger partial charge is 0.478 e. The molecule has 2 aromatic heterocycles. The first-order chi connectivity index (χ1) is 18.7. The number of hydrogen-bond acceptors (Lipinski definition) is 8. The van der Waals surface area contributed by atoms with Crippen LogP contribution < -0.4 is 4.74 Å². The van der Waals surface area contributed by atoms with E-state index in [-0.39, 0.29) is 31.4 Å². The molecule has 1 aliphatic rings. The molecule has 9 nitrogen and oxygen atoms in total. The molecule has 2 heterocycles. The first-order valence-electron chi connectivity index (χ1n) is 12.5. The Balaban J connectivity index is 1.61. The van der Waals surface area contributed by atoms with E-state index in [2.05, 4.69) is 27.0 Å². The van der Waals surface area contributed by atoms with Crippen molar-refractivity contribution in [1.29, 1.82) is 0 Å². The van der Waals surface area contributed by atoms with Crippen molar-refractivity contribution in [3.05, 3.63) is 70.1 Å². The number of halogens is 3. The summed E-state index contributed by atoms with van der Waals surface area (Å²) in [6.07, 6.45) is -0.504. The Morgan fingerprint density at radius 3 is 2.40 bits per heavy atom. The van der Waals surface area contributed by atoms with Crippen LogP contribution in [-0.2, 0) is 30.6 Å². The second-order valence-corrected chi connectivity index (χ2v) is 10.2. The van der Waals surface area contributed by atoms with Gasteiger partial charge in [0.2, 0.25) is 11.8 Å². The molecule has 0 spiro atoms.